The first-order valence-electron chi connectivity index (χ1n) is 9.75. The van der Waals surface area contributed by atoms with E-state index >= 15 is 0 Å². The number of aromatic nitrogens is 1. The smallest absolute Gasteiger partial charge is 0.281 e. The van der Waals surface area contributed by atoms with Crippen molar-refractivity contribution in [2.24, 2.45) is 7.05 Å². The average molecular weight is 475 g/mol. The number of benzene rings is 1. The Balaban J connectivity index is 2.07. The first-order chi connectivity index (χ1) is 16.5. The Hall–Kier alpha value is -5.38. The monoisotopic (exact) mass is 475 g/mol. The van der Waals surface area contributed by atoms with Crippen molar-refractivity contribution in [1.29, 1.82) is 0 Å². The number of nitrogens with zero attached hydrogens (tertiary/aromatic N) is 3. The molecule has 2 aliphatic rings. The van der Waals surface area contributed by atoms with E-state index in [1.807, 2.05) is 0 Å². The van der Waals surface area contributed by atoms with Gasteiger partial charge in [-0.2, -0.15) is 0 Å². The maximum Gasteiger partial charge on any atom is 0.281 e. The van der Waals surface area contributed by atoms with E-state index in [0.717, 1.165) is 28.8 Å². The van der Waals surface area contributed by atoms with Gasteiger partial charge < -0.3 is 5.11 Å². The lowest BCUT2D eigenvalue weighted by molar-refractivity contribution is -0.383. The van der Waals surface area contributed by atoms with Crippen molar-refractivity contribution in [2.45, 2.75) is 6.92 Å². The third kappa shape index (κ3) is 3.20. The van der Waals surface area contributed by atoms with Gasteiger partial charge in [0.2, 0.25) is 16.5 Å². The fraction of sp³-hybridized carbons (Fsp3) is 0.0909. The highest BCUT2D eigenvalue weighted by Gasteiger charge is 2.24. The number of nitrogens with one attached hydrogen (secondary N) is 2. The van der Waals surface area contributed by atoms with Crippen molar-refractivity contribution in [2.75, 3.05) is 10.9 Å². The van der Waals surface area contributed by atoms with Gasteiger partial charge in [-0.15, -0.1) is 0 Å². The minimum atomic E-state index is -1.15. The number of rotatable bonds is 4. The molecule has 1 aromatic carbocycles. The highest BCUT2D eigenvalue weighted by atomic mass is 16.6. The number of aromatic hydroxyl groups is 1. The number of nitro benzene ring substituents is 1. The second-order valence-corrected chi connectivity index (χ2v) is 7.51. The van der Waals surface area contributed by atoms with Gasteiger partial charge in [-0.1, -0.05) is 0 Å². The number of fused-ring (bicyclic) bond motifs is 1. The largest absolute Gasteiger partial charge is 0.503 e. The van der Waals surface area contributed by atoms with Crippen molar-refractivity contribution in [3.8, 4) is 5.88 Å². The van der Waals surface area contributed by atoms with Gasteiger partial charge in [-0.25, -0.2) is 4.85 Å². The van der Waals surface area contributed by atoms with Crippen LogP contribution in [-0.4, -0.2) is 14.6 Å². The molecule has 1 aromatic heterocycles. The zero-order valence-electron chi connectivity index (χ0n) is 18.0. The van der Waals surface area contributed by atoms with Crippen molar-refractivity contribution >= 4 is 33.5 Å². The first-order valence-corrected chi connectivity index (χ1v) is 9.75. The molecule has 2 aliphatic carbocycles. The molecule has 0 radical (unpaired) electrons. The first kappa shape index (κ1) is 22.8. The van der Waals surface area contributed by atoms with Crippen molar-refractivity contribution < 1.29 is 10.0 Å². The summed E-state index contributed by atoms with van der Waals surface area (Å²) in [6.45, 7) is 8.61. The van der Waals surface area contributed by atoms with Crippen molar-refractivity contribution in [3.63, 3.8) is 0 Å². The molecule has 0 unspecified atom stereocenters. The summed E-state index contributed by atoms with van der Waals surface area (Å²) < 4.78 is 0.806. The Morgan fingerprint density at radius 3 is 2.09 bits per heavy atom. The molecule has 174 valence electrons. The molecule has 13 nitrogen and oxygen atoms in total. The fourth-order valence-corrected chi connectivity index (χ4v) is 3.86. The van der Waals surface area contributed by atoms with Gasteiger partial charge in [0.15, 0.2) is 16.7 Å². The van der Waals surface area contributed by atoms with Gasteiger partial charge in [0.05, 0.1) is 33.0 Å². The minimum absolute atomic E-state index is 0.0643. The van der Waals surface area contributed by atoms with Crippen LogP contribution in [0.2, 0.25) is 0 Å². The van der Waals surface area contributed by atoms with Crippen LogP contribution in [0.3, 0.4) is 0 Å². The average Bonchev–Trinajstić information content (AvgIpc) is 2.82. The molecule has 0 saturated heterocycles. The third-order valence-electron chi connectivity index (χ3n) is 5.63. The van der Waals surface area contributed by atoms with Gasteiger partial charge in [0.1, 0.15) is 11.1 Å². The Labute approximate surface area is 192 Å². The van der Waals surface area contributed by atoms with Crippen LogP contribution < -0.4 is 38.1 Å². The zero-order chi connectivity index (χ0) is 25.8. The van der Waals surface area contributed by atoms with Crippen molar-refractivity contribution in [3.05, 3.63) is 113 Å². The predicted molar refractivity (Wildman–Crippen MR) is 125 cm³/mol. The molecule has 0 atom stereocenters. The lowest BCUT2D eigenvalue weighted by atomic mass is 10.0. The maximum absolute atomic E-state index is 13.2. The molecule has 35 heavy (non-hydrogen) atoms. The molecule has 0 saturated carbocycles. The number of pyridine rings is 1. The molecule has 0 amide bonds. The van der Waals surface area contributed by atoms with Crippen LogP contribution in [-0.2, 0) is 7.05 Å². The summed E-state index contributed by atoms with van der Waals surface area (Å²) in [5.74, 6) is -0.561. The molecule has 3 N–H and O–H groups in total. The SMILES string of the molecule is [C-]#[N+]c1c(C)c(NNc2ccc([N+](=O)[O-])c3c(=O)c4c(=O)ccc(=O)c=4c(=O)c23)c(=O)n(C)c1O. The van der Waals surface area contributed by atoms with Gasteiger partial charge in [-0.05, 0) is 30.7 Å². The van der Waals surface area contributed by atoms with Gasteiger partial charge in [0, 0.05) is 13.1 Å². The van der Waals surface area contributed by atoms with Gasteiger partial charge >= 0.3 is 0 Å². The molecule has 2 aromatic rings. The maximum atomic E-state index is 13.2. The van der Waals surface area contributed by atoms with E-state index in [1.54, 1.807) is 0 Å². The highest BCUT2D eigenvalue weighted by Crippen LogP contribution is 2.32. The molecule has 0 spiro atoms. The Bertz CT molecular complexity index is 1980. The topological polar surface area (TPSA) is 182 Å². The number of anilines is 2. The van der Waals surface area contributed by atoms with E-state index < -0.39 is 65.0 Å². The summed E-state index contributed by atoms with van der Waals surface area (Å²) in [6, 6.07) is 3.65. The van der Waals surface area contributed by atoms with Crippen LogP contribution in [0.4, 0.5) is 22.7 Å². The lowest BCUT2D eigenvalue weighted by Gasteiger charge is -2.16. The summed E-state index contributed by atoms with van der Waals surface area (Å²) in [6.07, 6.45) is 0. The van der Waals surface area contributed by atoms with E-state index in [0.29, 0.717) is 0 Å². The predicted octanol–water partition coefficient (Wildman–Crippen LogP) is 0.492. The van der Waals surface area contributed by atoms with Gasteiger partial charge in [0.25, 0.3) is 11.2 Å². The number of nitro groups is 1. The molecule has 0 fully saturated rings. The van der Waals surface area contributed by atoms with Crippen LogP contribution in [0, 0.1) is 34.0 Å². The summed E-state index contributed by atoms with van der Waals surface area (Å²) in [4.78, 5) is 77.4. The molecular weight excluding hydrogens is 462 g/mol. The van der Waals surface area contributed by atoms with Crippen molar-refractivity contribution in [1.82, 2.24) is 4.57 Å². The second kappa shape index (κ2) is 7.89. The van der Waals surface area contributed by atoms with Crippen LogP contribution in [0.5, 0.6) is 5.88 Å². The molecule has 1 heterocycles. The third-order valence-corrected chi connectivity index (χ3v) is 5.63. The second-order valence-electron chi connectivity index (χ2n) is 7.51. The van der Waals surface area contributed by atoms with Crippen LogP contribution in [0.1, 0.15) is 5.56 Å². The quantitative estimate of drug-likeness (QED) is 0.213. The summed E-state index contributed by atoms with van der Waals surface area (Å²) in [7, 11) is 1.22. The van der Waals surface area contributed by atoms with Gasteiger partial charge in [-0.3, -0.25) is 49.5 Å². The Morgan fingerprint density at radius 2 is 1.54 bits per heavy atom. The van der Waals surface area contributed by atoms with E-state index in [9.17, 15) is 39.2 Å². The fourth-order valence-electron chi connectivity index (χ4n) is 3.86. The molecule has 0 aliphatic heterocycles. The molecule has 4 rings (SSSR count). The Kier molecular flexibility index (Phi) is 5.14. The zero-order valence-corrected chi connectivity index (χ0v) is 18.0. The standard InChI is InChI=1S/C22H13N5O8/c1-8-17(23-2)21(32)26(3)22(33)18(8)25-24-9-4-5-10(27(34)35)14-13(9)19(30)15-11(28)6-7-12(29)16(15)20(14)31/h4-7,24-25,32H,1,3H3. The van der Waals surface area contributed by atoms with E-state index in [4.69, 9.17) is 6.57 Å². The lowest BCUT2D eigenvalue weighted by Crippen LogP contribution is -2.29. The molecular formula is C22H13N5O8. The molecule has 13 heteroatoms. The van der Waals surface area contributed by atoms with Crippen LogP contribution in [0.15, 0.2) is 48.2 Å². The Morgan fingerprint density at radius 1 is 0.971 bits per heavy atom. The van der Waals surface area contributed by atoms with E-state index in [1.165, 1.54) is 14.0 Å². The normalized spacial score (nSPS) is 10.9. The number of non-ortho nitro benzene ring substituents is 1. The number of hydrogen-bond donors (Lipinski definition) is 3. The summed E-state index contributed by atoms with van der Waals surface area (Å²) in [5, 5.41) is 18.9. The minimum Gasteiger partial charge on any atom is -0.503 e. The highest BCUT2D eigenvalue weighted by molar-refractivity contribution is 5.99. The summed E-state index contributed by atoms with van der Waals surface area (Å²) in [5.41, 5.74) is -1.08. The number of hydrazine groups is 1. The van der Waals surface area contributed by atoms with E-state index in [2.05, 4.69) is 15.7 Å². The summed E-state index contributed by atoms with van der Waals surface area (Å²) >= 11 is 0. The molecule has 0 bridgehead atoms. The van der Waals surface area contributed by atoms with E-state index in [-0.39, 0.29) is 22.6 Å². The van der Waals surface area contributed by atoms with Crippen LogP contribution >= 0.6 is 0 Å². The number of hydrogen-bond acceptors (Lipinski definition) is 10. The van der Waals surface area contributed by atoms with Crippen LogP contribution in [0.25, 0.3) is 15.6 Å².